The zero-order valence-corrected chi connectivity index (χ0v) is 13.5. The molecule has 0 heterocycles. The third-order valence-corrected chi connectivity index (χ3v) is 3.29. The first-order chi connectivity index (χ1) is 11.8. The Morgan fingerprint density at radius 2 is 1.72 bits per heavy atom. The molecule has 0 spiro atoms. The van der Waals surface area contributed by atoms with Gasteiger partial charge in [0.25, 0.3) is 0 Å². The zero-order chi connectivity index (χ0) is 18.6. The summed E-state index contributed by atoms with van der Waals surface area (Å²) in [7, 11) is 0. The first-order valence-corrected chi connectivity index (χ1v) is 7.31. The second-order valence-electron chi connectivity index (χ2n) is 5.12. The van der Waals surface area contributed by atoms with E-state index in [0.717, 1.165) is 17.7 Å². The highest BCUT2D eigenvalue weighted by atomic mass is 16.6. The smallest absolute Gasteiger partial charge is 0.338 e. The van der Waals surface area contributed by atoms with Gasteiger partial charge in [0.1, 0.15) is 0 Å². The van der Waals surface area contributed by atoms with Crippen molar-refractivity contribution in [1.82, 2.24) is 0 Å². The van der Waals surface area contributed by atoms with Crippen LogP contribution in [-0.4, -0.2) is 22.4 Å². The van der Waals surface area contributed by atoms with Crippen molar-refractivity contribution in [2.24, 2.45) is 0 Å². The number of rotatable bonds is 6. The molecule has 0 aliphatic carbocycles. The van der Waals surface area contributed by atoms with Crippen molar-refractivity contribution in [3.8, 4) is 0 Å². The molecule has 0 amide bonds. The Labute approximate surface area is 142 Å². The first-order valence-electron chi connectivity index (χ1n) is 7.31. The molecule has 0 atom stereocenters. The Bertz CT molecular complexity index is 815. The largest absolute Gasteiger partial charge is 0.462 e. The molecule has 0 aromatic heterocycles. The van der Waals surface area contributed by atoms with Crippen LogP contribution >= 0.6 is 0 Å². The predicted molar refractivity (Wildman–Crippen MR) is 90.2 cm³/mol. The van der Waals surface area contributed by atoms with Gasteiger partial charge in [-0.15, -0.1) is 0 Å². The summed E-state index contributed by atoms with van der Waals surface area (Å²) in [5.41, 5.74) is -0.394. The molecule has 0 saturated heterocycles. The molecule has 0 bridgehead atoms. The summed E-state index contributed by atoms with van der Waals surface area (Å²) in [6, 6.07) is 8.76. The van der Waals surface area contributed by atoms with Gasteiger partial charge in [-0.25, -0.2) is 4.79 Å². The summed E-state index contributed by atoms with van der Waals surface area (Å²) in [6.07, 6.45) is 0. The SMILES string of the molecule is CCOC(=O)c1cc([N+](=O)[O-])c(Nc2cccc(C)c2)c([N+](=O)[O-])c1. The molecule has 9 nitrogen and oxygen atoms in total. The Hall–Kier alpha value is -3.49. The molecule has 9 heteroatoms. The van der Waals surface area contributed by atoms with Crippen molar-refractivity contribution in [1.29, 1.82) is 0 Å². The van der Waals surface area contributed by atoms with E-state index in [-0.39, 0.29) is 17.9 Å². The topological polar surface area (TPSA) is 125 Å². The Morgan fingerprint density at radius 1 is 1.12 bits per heavy atom. The van der Waals surface area contributed by atoms with Crippen molar-refractivity contribution in [3.63, 3.8) is 0 Å². The van der Waals surface area contributed by atoms with Crippen LogP contribution in [0.2, 0.25) is 0 Å². The minimum Gasteiger partial charge on any atom is -0.462 e. The predicted octanol–water partition coefficient (Wildman–Crippen LogP) is 3.73. The number of hydrogen-bond acceptors (Lipinski definition) is 7. The standard InChI is InChI=1S/C16H15N3O6/c1-3-25-16(20)11-8-13(18(21)22)15(14(9-11)19(23)24)17-12-6-4-5-10(2)7-12/h4-9,17H,3H2,1-2H3. The van der Waals surface area contributed by atoms with E-state index in [2.05, 4.69) is 5.32 Å². The highest BCUT2D eigenvalue weighted by molar-refractivity contribution is 5.94. The summed E-state index contributed by atoms with van der Waals surface area (Å²) in [4.78, 5) is 33.0. The number of nitrogens with zero attached hydrogens (tertiary/aromatic N) is 2. The lowest BCUT2D eigenvalue weighted by atomic mass is 10.1. The van der Waals surface area contributed by atoms with Gasteiger partial charge in [-0.1, -0.05) is 12.1 Å². The zero-order valence-electron chi connectivity index (χ0n) is 13.5. The number of carbonyl (C=O) groups excluding carboxylic acids is 1. The van der Waals surface area contributed by atoms with Gasteiger partial charge in [-0.05, 0) is 31.5 Å². The maximum Gasteiger partial charge on any atom is 0.338 e. The van der Waals surface area contributed by atoms with Gasteiger partial charge >= 0.3 is 17.3 Å². The minimum absolute atomic E-state index is 0.0454. The second-order valence-corrected chi connectivity index (χ2v) is 5.12. The molecule has 25 heavy (non-hydrogen) atoms. The van der Waals surface area contributed by atoms with Crippen molar-refractivity contribution >= 4 is 28.7 Å². The molecule has 1 N–H and O–H groups in total. The number of anilines is 2. The highest BCUT2D eigenvalue weighted by Crippen LogP contribution is 2.38. The molecule has 2 aromatic carbocycles. The molecule has 0 aliphatic rings. The number of aryl methyl sites for hydroxylation is 1. The van der Waals surface area contributed by atoms with E-state index in [1.807, 2.05) is 13.0 Å². The first kappa shape index (κ1) is 17.9. The van der Waals surface area contributed by atoms with Crippen LogP contribution in [0.5, 0.6) is 0 Å². The molecule has 0 radical (unpaired) electrons. The number of ether oxygens (including phenoxy) is 1. The van der Waals surface area contributed by atoms with Crippen LogP contribution in [0.4, 0.5) is 22.7 Å². The van der Waals surface area contributed by atoms with Crippen molar-refractivity contribution in [2.45, 2.75) is 13.8 Å². The number of nitro benzene ring substituents is 2. The third-order valence-electron chi connectivity index (χ3n) is 3.29. The number of nitrogens with one attached hydrogen (secondary N) is 1. The van der Waals surface area contributed by atoms with Gasteiger partial charge in [0, 0.05) is 17.8 Å². The third kappa shape index (κ3) is 4.08. The number of carbonyl (C=O) groups is 1. The Morgan fingerprint density at radius 3 is 2.20 bits per heavy atom. The fourth-order valence-corrected chi connectivity index (χ4v) is 2.23. The fraction of sp³-hybridized carbons (Fsp3) is 0.188. The molecule has 0 saturated carbocycles. The molecule has 0 unspecified atom stereocenters. The Balaban J connectivity index is 2.61. The molecule has 2 aromatic rings. The normalized spacial score (nSPS) is 10.2. The maximum absolute atomic E-state index is 11.8. The lowest BCUT2D eigenvalue weighted by Gasteiger charge is -2.10. The van der Waals surface area contributed by atoms with Gasteiger partial charge in [-0.3, -0.25) is 20.2 Å². The van der Waals surface area contributed by atoms with Crippen LogP contribution in [0.25, 0.3) is 0 Å². The van der Waals surface area contributed by atoms with Crippen molar-refractivity contribution in [2.75, 3.05) is 11.9 Å². The van der Waals surface area contributed by atoms with Crippen LogP contribution in [0.3, 0.4) is 0 Å². The number of esters is 1. The van der Waals surface area contributed by atoms with E-state index in [1.54, 1.807) is 25.1 Å². The van der Waals surface area contributed by atoms with Crippen LogP contribution < -0.4 is 5.32 Å². The van der Waals surface area contributed by atoms with Crippen LogP contribution in [0, 0.1) is 27.2 Å². The lowest BCUT2D eigenvalue weighted by Crippen LogP contribution is -2.08. The van der Waals surface area contributed by atoms with E-state index in [9.17, 15) is 25.0 Å². The average molecular weight is 345 g/mol. The molecule has 0 aliphatic heterocycles. The molecular weight excluding hydrogens is 330 g/mol. The van der Waals surface area contributed by atoms with E-state index in [1.165, 1.54) is 0 Å². The van der Waals surface area contributed by atoms with Crippen molar-refractivity contribution in [3.05, 3.63) is 67.8 Å². The maximum atomic E-state index is 11.8. The lowest BCUT2D eigenvalue weighted by molar-refractivity contribution is -0.392. The number of hydrogen-bond donors (Lipinski definition) is 1. The van der Waals surface area contributed by atoms with Gasteiger partial charge in [0.05, 0.1) is 22.0 Å². The fourth-order valence-electron chi connectivity index (χ4n) is 2.23. The van der Waals surface area contributed by atoms with E-state index >= 15 is 0 Å². The Kier molecular flexibility index (Phi) is 5.28. The van der Waals surface area contributed by atoms with Crippen LogP contribution in [0.15, 0.2) is 36.4 Å². The monoisotopic (exact) mass is 345 g/mol. The number of nitro groups is 2. The summed E-state index contributed by atoms with van der Waals surface area (Å²) >= 11 is 0. The van der Waals surface area contributed by atoms with Gasteiger partial charge < -0.3 is 10.1 Å². The van der Waals surface area contributed by atoms with Gasteiger partial charge in [-0.2, -0.15) is 0 Å². The van der Waals surface area contributed by atoms with Gasteiger partial charge in [0.2, 0.25) is 0 Å². The van der Waals surface area contributed by atoms with E-state index < -0.39 is 27.2 Å². The van der Waals surface area contributed by atoms with Crippen LogP contribution in [-0.2, 0) is 4.74 Å². The summed E-state index contributed by atoms with van der Waals surface area (Å²) in [5, 5.41) is 25.5. The highest BCUT2D eigenvalue weighted by Gasteiger charge is 2.29. The number of benzene rings is 2. The van der Waals surface area contributed by atoms with Crippen LogP contribution in [0.1, 0.15) is 22.8 Å². The van der Waals surface area contributed by atoms with Gasteiger partial charge in [0.15, 0.2) is 5.69 Å². The van der Waals surface area contributed by atoms with E-state index in [4.69, 9.17) is 4.74 Å². The minimum atomic E-state index is -0.865. The van der Waals surface area contributed by atoms with Crippen molar-refractivity contribution < 1.29 is 19.4 Å². The summed E-state index contributed by atoms with van der Waals surface area (Å²) in [6.45, 7) is 3.43. The molecular formula is C16H15N3O6. The molecule has 130 valence electrons. The second kappa shape index (κ2) is 7.39. The summed E-state index contributed by atoms with van der Waals surface area (Å²) in [5.74, 6) is -0.865. The summed E-state index contributed by atoms with van der Waals surface area (Å²) < 4.78 is 4.77. The quantitative estimate of drug-likeness (QED) is 0.480. The average Bonchev–Trinajstić information content (AvgIpc) is 2.54. The molecule has 2 rings (SSSR count). The molecule has 0 fully saturated rings. The van der Waals surface area contributed by atoms with E-state index in [0.29, 0.717) is 5.69 Å².